The van der Waals surface area contributed by atoms with Gasteiger partial charge in [0.1, 0.15) is 6.04 Å². The first-order valence-electron chi connectivity index (χ1n) is 9.16. The smallest absolute Gasteiger partial charge is 0.274 e. The minimum atomic E-state index is -0.730. The van der Waals surface area contributed by atoms with Crippen molar-refractivity contribution in [3.8, 4) is 11.3 Å². The second-order valence-electron chi connectivity index (χ2n) is 6.79. The van der Waals surface area contributed by atoms with Crippen LogP contribution in [0.1, 0.15) is 30.0 Å². The Kier molecular flexibility index (Phi) is 6.61. The summed E-state index contributed by atoms with van der Waals surface area (Å²) in [5.74, 6) is -0.549. The molecule has 0 aliphatic rings. The maximum Gasteiger partial charge on any atom is 0.274 e. The molecule has 0 aliphatic heterocycles. The Morgan fingerprint density at radius 3 is 2.59 bits per heavy atom. The van der Waals surface area contributed by atoms with Gasteiger partial charge in [-0.05, 0) is 30.2 Å². The Morgan fingerprint density at radius 1 is 1.14 bits per heavy atom. The van der Waals surface area contributed by atoms with Crippen LogP contribution in [0.4, 0.5) is 0 Å². The van der Waals surface area contributed by atoms with Gasteiger partial charge < -0.3 is 15.2 Å². The summed E-state index contributed by atoms with van der Waals surface area (Å²) < 4.78 is 5.26. The summed E-state index contributed by atoms with van der Waals surface area (Å²) in [4.78, 5) is 29.4. The maximum absolute atomic E-state index is 12.6. The Labute approximate surface area is 173 Å². The topological polar surface area (TPSA) is 97.1 Å². The van der Waals surface area contributed by atoms with Gasteiger partial charge >= 0.3 is 0 Å². The largest absolute Gasteiger partial charge is 0.355 e. The van der Waals surface area contributed by atoms with Crippen LogP contribution in [0, 0.1) is 5.92 Å². The van der Waals surface area contributed by atoms with Gasteiger partial charge in [-0.1, -0.05) is 48.8 Å². The number of nitrogens with one attached hydrogen (secondary N) is 2. The molecule has 0 saturated carbocycles. The number of aromatic nitrogens is 2. The van der Waals surface area contributed by atoms with E-state index in [1.54, 1.807) is 30.5 Å². The van der Waals surface area contributed by atoms with Crippen LogP contribution in [0.5, 0.6) is 0 Å². The molecule has 29 heavy (non-hydrogen) atoms. The van der Waals surface area contributed by atoms with Crippen molar-refractivity contribution in [3.05, 3.63) is 71.1 Å². The highest BCUT2D eigenvalue weighted by Crippen LogP contribution is 2.27. The van der Waals surface area contributed by atoms with Gasteiger partial charge in [0, 0.05) is 17.8 Å². The lowest BCUT2D eigenvalue weighted by Crippen LogP contribution is -2.49. The van der Waals surface area contributed by atoms with Gasteiger partial charge in [-0.2, -0.15) is 0 Å². The van der Waals surface area contributed by atoms with Crippen molar-refractivity contribution in [3.63, 3.8) is 0 Å². The summed E-state index contributed by atoms with van der Waals surface area (Å²) in [5.41, 5.74) is 1.44. The molecule has 1 aromatic carbocycles. The van der Waals surface area contributed by atoms with E-state index in [1.165, 1.54) is 6.07 Å². The molecule has 0 saturated heterocycles. The Bertz CT molecular complexity index is 988. The number of pyridine rings is 1. The predicted molar refractivity (Wildman–Crippen MR) is 109 cm³/mol. The first kappa shape index (κ1) is 20.5. The number of hydrogen-bond acceptors (Lipinski definition) is 5. The normalized spacial score (nSPS) is 11.9. The Hall–Kier alpha value is -3.19. The lowest BCUT2D eigenvalue weighted by Gasteiger charge is -2.21. The van der Waals surface area contributed by atoms with E-state index in [9.17, 15) is 9.59 Å². The second kappa shape index (κ2) is 9.34. The summed E-state index contributed by atoms with van der Waals surface area (Å²) in [6.45, 7) is 3.98. The number of hydrogen-bond donors (Lipinski definition) is 2. The highest BCUT2D eigenvalue weighted by molar-refractivity contribution is 6.33. The fourth-order valence-electron chi connectivity index (χ4n) is 2.71. The zero-order valence-electron chi connectivity index (χ0n) is 16.1. The molecule has 1 atom stereocenters. The maximum atomic E-state index is 12.6. The minimum absolute atomic E-state index is 0.0723. The standard InChI is InChI=1S/C21H21ClN4O3/c1-13(2)19(21(28)24-12-14-7-5-6-10-23-14)25-20(27)17-11-18(29-26-17)15-8-3-4-9-16(15)22/h3-11,13,19H,12H2,1-2H3,(H,24,28)(H,25,27). The van der Waals surface area contributed by atoms with Crippen molar-refractivity contribution < 1.29 is 14.1 Å². The van der Waals surface area contributed by atoms with Crippen molar-refractivity contribution in [2.45, 2.75) is 26.4 Å². The third-order valence-electron chi connectivity index (χ3n) is 4.29. The number of nitrogens with zero attached hydrogens (tertiary/aromatic N) is 2. The number of amides is 2. The molecule has 1 unspecified atom stereocenters. The highest BCUT2D eigenvalue weighted by atomic mass is 35.5. The molecule has 0 radical (unpaired) electrons. The first-order valence-corrected chi connectivity index (χ1v) is 9.53. The molecule has 7 nitrogen and oxygen atoms in total. The van der Waals surface area contributed by atoms with Gasteiger partial charge in [0.05, 0.1) is 17.3 Å². The van der Waals surface area contributed by atoms with E-state index in [2.05, 4.69) is 20.8 Å². The molecule has 0 spiro atoms. The van der Waals surface area contributed by atoms with Gasteiger partial charge in [0.25, 0.3) is 5.91 Å². The number of halogens is 1. The Balaban J connectivity index is 1.67. The van der Waals surface area contributed by atoms with Crippen molar-refractivity contribution in [2.24, 2.45) is 5.92 Å². The number of rotatable bonds is 7. The van der Waals surface area contributed by atoms with Crippen LogP contribution in [0.15, 0.2) is 59.3 Å². The number of carbonyl (C=O) groups excluding carboxylic acids is 2. The van der Waals surface area contributed by atoms with E-state index in [0.717, 1.165) is 5.69 Å². The molecule has 2 heterocycles. The molecule has 150 valence electrons. The molecule has 0 aliphatic carbocycles. The molecule has 3 aromatic rings. The molecule has 2 aromatic heterocycles. The quantitative estimate of drug-likeness (QED) is 0.619. The zero-order chi connectivity index (χ0) is 20.8. The molecular formula is C21H21ClN4O3. The third kappa shape index (κ3) is 5.20. The summed E-state index contributed by atoms with van der Waals surface area (Å²) in [7, 11) is 0. The minimum Gasteiger partial charge on any atom is -0.355 e. The van der Waals surface area contributed by atoms with Crippen molar-refractivity contribution in [1.29, 1.82) is 0 Å². The van der Waals surface area contributed by atoms with Crippen molar-refractivity contribution in [1.82, 2.24) is 20.8 Å². The van der Waals surface area contributed by atoms with Gasteiger partial charge in [-0.15, -0.1) is 0 Å². The van der Waals surface area contributed by atoms with E-state index in [1.807, 2.05) is 32.0 Å². The SMILES string of the molecule is CC(C)C(NC(=O)c1cc(-c2ccccc2Cl)on1)C(=O)NCc1ccccn1. The third-order valence-corrected chi connectivity index (χ3v) is 4.62. The second-order valence-corrected chi connectivity index (χ2v) is 7.20. The fraction of sp³-hybridized carbons (Fsp3) is 0.238. The lowest BCUT2D eigenvalue weighted by molar-refractivity contribution is -0.124. The van der Waals surface area contributed by atoms with Crippen LogP contribution in [-0.2, 0) is 11.3 Å². The van der Waals surface area contributed by atoms with Gasteiger partial charge in [-0.25, -0.2) is 0 Å². The van der Waals surface area contributed by atoms with Crippen molar-refractivity contribution in [2.75, 3.05) is 0 Å². The monoisotopic (exact) mass is 412 g/mol. The van der Waals surface area contributed by atoms with Crippen LogP contribution in [-0.4, -0.2) is 28.0 Å². The molecular weight excluding hydrogens is 392 g/mol. The van der Waals surface area contributed by atoms with Crippen LogP contribution in [0.3, 0.4) is 0 Å². The molecule has 3 rings (SSSR count). The number of benzene rings is 1. The predicted octanol–water partition coefficient (Wildman–Crippen LogP) is 3.46. The summed E-state index contributed by atoms with van der Waals surface area (Å²) in [6.07, 6.45) is 1.66. The van der Waals surface area contributed by atoms with E-state index in [0.29, 0.717) is 16.3 Å². The van der Waals surface area contributed by atoms with Gasteiger partial charge in [0.2, 0.25) is 5.91 Å². The average Bonchev–Trinajstić information content (AvgIpc) is 3.21. The van der Waals surface area contributed by atoms with Gasteiger partial charge in [0.15, 0.2) is 11.5 Å². The van der Waals surface area contributed by atoms with Crippen LogP contribution in [0.25, 0.3) is 11.3 Å². The fourth-order valence-corrected chi connectivity index (χ4v) is 2.94. The highest BCUT2D eigenvalue weighted by Gasteiger charge is 2.26. The average molecular weight is 413 g/mol. The lowest BCUT2D eigenvalue weighted by atomic mass is 10.0. The van der Waals surface area contributed by atoms with E-state index < -0.39 is 11.9 Å². The zero-order valence-corrected chi connectivity index (χ0v) is 16.8. The number of carbonyl (C=O) groups is 2. The van der Waals surface area contributed by atoms with E-state index in [4.69, 9.17) is 16.1 Å². The molecule has 2 amide bonds. The van der Waals surface area contributed by atoms with Crippen LogP contribution in [0.2, 0.25) is 5.02 Å². The summed E-state index contributed by atoms with van der Waals surface area (Å²) in [5, 5.41) is 9.82. The Morgan fingerprint density at radius 2 is 1.90 bits per heavy atom. The van der Waals surface area contributed by atoms with Gasteiger partial charge in [-0.3, -0.25) is 14.6 Å². The molecule has 2 N–H and O–H groups in total. The van der Waals surface area contributed by atoms with Crippen LogP contribution >= 0.6 is 11.6 Å². The first-order chi connectivity index (χ1) is 14.0. The van der Waals surface area contributed by atoms with Crippen LogP contribution < -0.4 is 10.6 Å². The molecule has 8 heteroatoms. The molecule has 0 fully saturated rings. The molecule has 0 bridgehead atoms. The summed E-state index contributed by atoms with van der Waals surface area (Å²) in [6, 6.07) is 13.3. The van der Waals surface area contributed by atoms with E-state index >= 15 is 0 Å². The van der Waals surface area contributed by atoms with E-state index in [-0.39, 0.29) is 24.1 Å². The van der Waals surface area contributed by atoms with Crippen molar-refractivity contribution >= 4 is 23.4 Å². The summed E-state index contributed by atoms with van der Waals surface area (Å²) >= 11 is 6.15.